The number of fused-ring (bicyclic) bond motifs is 1. The van der Waals surface area contributed by atoms with Crippen LogP contribution in [-0.4, -0.2) is 55.2 Å². The predicted molar refractivity (Wildman–Crippen MR) is 133 cm³/mol. The second-order valence-corrected chi connectivity index (χ2v) is 11.1. The van der Waals surface area contributed by atoms with Crippen molar-refractivity contribution in [1.82, 2.24) is 24.8 Å². The summed E-state index contributed by atoms with van der Waals surface area (Å²) in [4.78, 5) is 22.1. The Morgan fingerprint density at radius 1 is 1.18 bits per heavy atom. The van der Waals surface area contributed by atoms with Crippen LogP contribution in [0.1, 0.15) is 58.1 Å². The molecule has 3 N–H and O–H groups in total. The van der Waals surface area contributed by atoms with Crippen LogP contribution in [0.5, 0.6) is 0 Å². The van der Waals surface area contributed by atoms with Crippen molar-refractivity contribution < 1.29 is 5.11 Å². The molecule has 3 aromatic rings. The van der Waals surface area contributed by atoms with Gasteiger partial charge < -0.3 is 15.7 Å². The largest absolute Gasteiger partial charge is 0.393 e. The van der Waals surface area contributed by atoms with Crippen LogP contribution in [-0.2, 0) is 6.54 Å². The number of likely N-dealkylation sites (tertiary alicyclic amines) is 1. The molecule has 33 heavy (non-hydrogen) atoms. The highest BCUT2D eigenvalue weighted by Crippen LogP contribution is 2.30. The Morgan fingerprint density at radius 3 is 2.82 bits per heavy atom. The van der Waals surface area contributed by atoms with E-state index in [-0.39, 0.29) is 12.1 Å². The Kier molecular flexibility index (Phi) is 6.44. The summed E-state index contributed by atoms with van der Waals surface area (Å²) in [7, 11) is 0. The highest BCUT2D eigenvalue weighted by molar-refractivity contribution is 7.21. The molecular formula is C24H33N7OS. The molecule has 2 aliphatic rings. The maximum Gasteiger partial charge on any atom is 0.225 e. The molecule has 176 valence electrons. The van der Waals surface area contributed by atoms with E-state index >= 15 is 0 Å². The first-order valence-electron chi connectivity index (χ1n) is 12.0. The van der Waals surface area contributed by atoms with E-state index < -0.39 is 0 Å². The minimum Gasteiger partial charge on any atom is -0.393 e. The topological polar surface area (TPSA) is 99.1 Å². The highest BCUT2D eigenvalue weighted by Gasteiger charge is 2.27. The van der Waals surface area contributed by atoms with Gasteiger partial charge in [0.25, 0.3) is 0 Å². The molecule has 1 aliphatic carbocycles. The minimum absolute atomic E-state index is 0.178. The number of hydrogen-bond donors (Lipinski definition) is 3. The van der Waals surface area contributed by atoms with Crippen LogP contribution >= 0.6 is 11.3 Å². The summed E-state index contributed by atoms with van der Waals surface area (Å²) in [6.45, 7) is 7.67. The molecule has 0 radical (unpaired) electrons. The molecule has 0 spiro atoms. The lowest BCUT2D eigenvalue weighted by Crippen LogP contribution is -2.39. The maximum absolute atomic E-state index is 9.84. The number of anilines is 3. The third kappa shape index (κ3) is 5.77. The van der Waals surface area contributed by atoms with Gasteiger partial charge >= 0.3 is 0 Å². The summed E-state index contributed by atoms with van der Waals surface area (Å²) in [6, 6.07) is 6.20. The number of aromatic nitrogens is 4. The van der Waals surface area contributed by atoms with Gasteiger partial charge in [-0.2, -0.15) is 4.98 Å². The molecule has 0 unspecified atom stereocenters. The number of piperidine rings is 1. The van der Waals surface area contributed by atoms with Crippen molar-refractivity contribution in [3.05, 3.63) is 30.1 Å². The second-order valence-electron chi connectivity index (χ2n) is 10.2. The lowest BCUT2D eigenvalue weighted by Gasteiger charge is -2.37. The van der Waals surface area contributed by atoms with Gasteiger partial charge in [0.2, 0.25) is 5.95 Å². The number of rotatable bonds is 6. The molecule has 0 aromatic carbocycles. The highest BCUT2D eigenvalue weighted by atomic mass is 32.1. The first kappa shape index (κ1) is 22.4. The molecule has 5 rings (SSSR count). The summed E-state index contributed by atoms with van der Waals surface area (Å²) in [5.41, 5.74) is 2.22. The van der Waals surface area contributed by atoms with Gasteiger partial charge in [-0.15, -0.1) is 0 Å². The van der Waals surface area contributed by atoms with Crippen LogP contribution in [0.3, 0.4) is 0 Å². The third-order valence-corrected chi connectivity index (χ3v) is 7.47. The van der Waals surface area contributed by atoms with Crippen molar-refractivity contribution >= 4 is 38.6 Å². The van der Waals surface area contributed by atoms with Crippen LogP contribution in [0.15, 0.2) is 24.4 Å². The molecule has 1 saturated carbocycles. The number of aliphatic hydroxyl groups is 1. The molecule has 0 amide bonds. The van der Waals surface area contributed by atoms with Gasteiger partial charge in [-0.05, 0) is 62.6 Å². The molecule has 9 heteroatoms. The van der Waals surface area contributed by atoms with E-state index in [0.29, 0.717) is 11.4 Å². The van der Waals surface area contributed by atoms with Gasteiger partial charge in [0, 0.05) is 31.4 Å². The molecule has 4 heterocycles. The zero-order valence-corrected chi connectivity index (χ0v) is 20.2. The first-order valence-corrected chi connectivity index (χ1v) is 12.8. The number of pyridine rings is 1. The second kappa shape index (κ2) is 9.48. The molecule has 2 fully saturated rings. The van der Waals surface area contributed by atoms with Crippen LogP contribution in [0, 0.1) is 5.41 Å². The lowest BCUT2D eigenvalue weighted by molar-refractivity contribution is 0.110. The fraction of sp³-hybridized carbons (Fsp3) is 0.583. The number of hydrogen-bond acceptors (Lipinski definition) is 9. The van der Waals surface area contributed by atoms with Crippen LogP contribution in [0.25, 0.3) is 10.3 Å². The normalized spacial score (nSPS) is 23.5. The zero-order valence-electron chi connectivity index (χ0n) is 19.4. The number of aliphatic hydroxyl groups excluding tert-OH is 1. The van der Waals surface area contributed by atoms with Crippen molar-refractivity contribution in [2.24, 2.45) is 5.41 Å². The van der Waals surface area contributed by atoms with Crippen molar-refractivity contribution in [2.75, 3.05) is 23.7 Å². The van der Waals surface area contributed by atoms with Crippen molar-refractivity contribution in [1.29, 1.82) is 0 Å². The molecule has 0 bridgehead atoms. The summed E-state index contributed by atoms with van der Waals surface area (Å²) < 4.78 is 0. The monoisotopic (exact) mass is 467 g/mol. The molecule has 1 saturated heterocycles. The third-order valence-electron chi connectivity index (χ3n) is 6.58. The molecule has 1 aliphatic heterocycles. The van der Waals surface area contributed by atoms with E-state index in [1.807, 2.05) is 18.2 Å². The Bertz CT molecular complexity index is 1060. The Balaban J connectivity index is 1.38. The molecule has 0 atom stereocenters. The van der Waals surface area contributed by atoms with Crippen molar-refractivity contribution in [2.45, 2.75) is 71.1 Å². The smallest absolute Gasteiger partial charge is 0.225 e. The van der Waals surface area contributed by atoms with Crippen LogP contribution in [0.4, 0.5) is 16.9 Å². The van der Waals surface area contributed by atoms with Gasteiger partial charge in [0.1, 0.15) is 16.2 Å². The van der Waals surface area contributed by atoms with E-state index in [0.717, 1.165) is 72.3 Å². The number of nitrogens with zero attached hydrogens (tertiary/aromatic N) is 5. The van der Waals surface area contributed by atoms with E-state index in [4.69, 9.17) is 9.97 Å². The Labute approximate surface area is 198 Å². The Hall–Kier alpha value is -2.36. The minimum atomic E-state index is -0.178. The average Bonchev–Trinajstić information content (AvgIpc) is 3.17. The fourth-order valence-corrected chi connectivity index (χ4v) is 5.77. The quantitative estimate of drug-likeness (QED) is 0.485. The van der Waals surface area contributed by atoms with Crippen LogP contribution < -0.4 is 10.6 Å². The van der Waals surface area contributed by atoms with E-state index in [2.05, 4.69) is 39.3 Å². The van der Waals surface area contributed by atoms with Gasteiger partial charge in [-0.25, -0.2) is 15.0 Å². The van der Waals surface area contributed by atoms with Crippen molar-refractivity contribution in [3.8, 4) is 0 Å². The summed E-state index contributed by atoms with van der Waals surface area (Å²) in [5.74, 6) is 1.39. The summed E-state index contributed by atoms with van der Waals surface area (Å²) >= 11 is 1.52. The fourth-order valence-electron chi connectivity index (χ4n) is 4.95. The van der Waals surface area contributed by atoms with E-state index in [1.165, 1.54) is 24.2 Å². The first-order chi connectivity index (χ1) is 15.9. The summed E-state index contributed by atoms with van der Waals surface area (Å²) in [6.07, 6.45) is 7.61. The standard InChI is InChI=1S/C24H33N7OS/c1-24(2)10-4-12-31(15-24)14-17-13-20(30-23-28-19-5-3-11-25-21(19)33-23)29-22(27-17)26-16-6-8-18(32)9-7-16/h3,5,11,13,16,18,32H,4,6-10,12,14-15H2,1-2H3,(H2,26,27,28,29,30). The summed E-state index contributed by atoms with van der Waals surface area (Å²) in [5, 5.41) is 17.5. The van der Waals surface area contributed by atoms with Gasteiger partial charge in [0.15, 0.2) is 5.13 Å². The van der Waals surface area contributed by atoms with Gasteiger partial charge in [0.05, 0.1) is 11.8 Å². The maximum atomic E-state index is 9.84. The van der Waals surface area contributed by atoms with Crippen molar-refractivity contribution in [3.63, 3.8) is 0 Å². The van der Waals surface area contributed by atoms with E-state index in [1.54, 1.807) is 6.20 Å². The number of nitrogens with one attached hydrogen (secondary N) is 2. The SMILES string of the molecule is CC1(C)CCCN(Cc2cc(Nc3nc4cccnc4s3)nc(NC3CCC(O)CC3)n2)C1. The van der Waals surface area contributed by atoms with Gasteiger partial charge in [-0.3, -0.25) is 4.90 Å². The Morgan fingerprint density at radius 2 is 2.03 bits per heavy atom. The number of thiazole rings is 1. The average molecular weight is 468 g/mol. The molecule has 3 aromatic heterocycles. The molecule has 8 nitrogen and oxygen atoms in total. The predicted octanol–water partition coefficient (Wildman–Crippen LogP) is 4.56. The lowest BCUT2D eigenvalue weighted by atomic mass is 9.84. The molecular weight excluding hydrogens is 434 g/mol. The van der Waals surface area contributed by atoms with Crippen LogP contribution in [0.2, 0.25) is 0 Å². The van der Waals surface area contributed by atoms with E-state index in [9.17, 15) is 5.11 Å². The zero-order chi connectivity index (χ0) is 22.8. The van der Waals surface area contributed by atoms with Gasteiger partial charge in [-0.1, -0.05) is 25.2 Å².